The number of aromatic nitrogens is 3. The first-order valence-corrected chi connectivity index (χ1v) is 16.6. The number of amides is 1. The van der Waals surface area contributed by atoms with Crippen LogP contribution in [0.25, 0.3) is 22.2 Å². The normalized spacial score (nSPS) is 13.9. The van der Waals surface area contributed by atoms with E-state index in [2.05, 4.69) is 51.3 Å². The monoisotopic (exact) mass is 684 g/mol. The van der Waals surface area contributed by atoms with E-state index in [1.165, 1.54) is 25.3 Å². The number of halogens is 2. The summed E-state index contributed by atoms with van der Waals surface area (Å²) in [4.78, 5) is 32.8. The summed E-state index contributed by atoms with van der Waals surface area (Å²) in [6.07, 6.45) is 1.82. The average Bonchev–Trinajstić information content (AvgIpc) is 3.08. The van der Waals surface area contributed by atoms with Crippen molar-refractivity contribution in [1.82, 2.24) is 24.8 Å². The largest absolute Gasteiger partial charge is 0.495 e. The van der Waals surface area contributed by atoms with E-state index in [0.29, 0.717) is 66.5 Å². The van der Waals surface area contributed by atoms with Crippen LogP contribution < -0.4 is 14.8 Å². The van der Waals surface area contributed by atoms with Gasteiger partial charge in [-0.15, -0.1) is 0 Å². The zero-order valence-corrected chi connectivity index (χ0v) is 29.2. The van der Waals surface area contributed by atoms with Crippen LogP contribution >= 0.6 is 23.2 Å². The molecule has 1 amide bonds. The van der Waals surface area contributed by atoms with Crippen LogP contribution in [0.4, 0.5) is 5.82 Å². The maximum Gasteiger partial charge on any atom is 0.259 e. The SMILES string of the molecule is COc1cc(OC)c(Cl)c(-c2ccc(C(=O)Nc3ccc(CN4CCN(Cc5ccc(C)cc5)CC4)cn3)c3nc(C)c(C)nc23)c1Cl. The molecular formula is C37H38Cl2N6O3. The lowest BCUT2D eigenvalue weighted by molar-refractivity contribution is 0.102. The summed E-state index contributed by atoms with van der Waals surface area (Å²) >= 11 is 13.5. The van der Waals surface area contributed by atoms with E-state index >= 15 is 0 Å². The van der Waals surface area contributed by atoms with Gasteiger partial charge in [0, 0.05) is 62.7 Å². The van der Waals surface area contributed by atoms with Gasteiger partial charge in [-0.25, -0.2) is 15.0 Å². The van der Waals surface area contributed by atoms with Crippen LogP contribution in [0.5, 0.6) is 11.5 Å². The maximum atomic E-state index is 13.7. The van der Waals surface area contributed by atoms with Gasteiger partial charge in [0.1, 0.15) is 22.8 Å². The van der Waals surface area contributed by atoms with Gasteiger partial charge in [-0.3, -0.25) is 14.6 Å². The molecule has 1 saturated heterocycles. The standard InChI is InChI=1S/C37H38Cl2N6O3/c1-22-6-8-25(9-7-22)20-44-14-16-45(17-15-44)21-26-10-13-31(40-19-26)43-37(46)28-12-11-27(35-36(28)42-24(3)23(2)41-35)32-33(38)29(47-4)18-30(48-5)34(32)39/h6-13,18-19H,14-17,20-21H2,1-5H3,(H,40,43,46). The second kappa shape index (κ2) is 14.5. The Kier molecular flexibility index (Phi) is 10.1. The Morgan fingerprint density at radius 3 is 1.90 bits per heavy atom. The Bertz CT molecular complexity index is 1930. The molecule has 2 aromatic heterocycles. The number of hydrogen-bond donors (Lipinski definition) is 1. The van der Waals surface area contributed by atoms with E-state index in [1.54, 1.807) is 18.2 Å². The average molecular weight is 686 g/mol. The molecule has 48 heavy (non-hydrogen) atoms. The molecule has 0 saturated carbocycles. The number of pyridine rings is 1. The molecule has 0 radical (unpaired) electrons. The molecule has 0 aliphatic carbocycles. The molecule has 0 spiro atoms. The first kappa shape index (κ1) is 33.6. The van der Waals surface area contributed by atoms with Crippen LogP contribution in [-0.4, -0.2) is 71.1 Å². The first-order valence-electron chi connectivity index (χ1n) is 15.8. The summed E-state index contributed by atoms with van der Waals surface area (Å²) in [5, 5.41) is 3.54. The highest BCUT2D eigenvalue weighted by molar-refractivity contribution is 6.41. The van der Waals surface area contributed by atoms with Gasteiger partial charge in [-0.05, 0) is 44.0 Å². The minimum atomic E-state index is -0.352. The fourth-order valence-electron chi connectivity index (χ4n) is 5.90. The number of methoxy groups -OCH3 is 2. The number of fused-ring (bicyclic) bond motifs is 1. The molecule has 0 bridgehead atoms. The summed E-state index contributed by atoms with van der Waals surface area (Å²) < 4.78 is 11.0. The zero-order chi connectivity index (χ0) is 33.9. The number of benzene rings is 3. The Balaban J connectivity index is 1.17. The van der Waals surface area contributed by atoms with E-state index in [1.807, 2.05) is 32.2 Å². The summed E-state index contributed by atoms with van der Waals surface area (Å²) in [7, 11) is 3.04. The summed E-state index contributed by atoms with van der Waals surface area (Å²) in [5.74, 6) is 0.892. The van der Waals surface area contributed by atoms with E-state index < -0.39 is 0 Å². The van der Waals surface area contributed by atoms with Gasteiger partial charge in [0.2, 0.25) is 0 Å². The number of anilines is 1. The molecule has 9 nitrogen and oxygen atoms in total. The van der Waals surface area contributed by atoms with Crippen molar-refractivity contribution < 1.29 is 14.3 Å². The summed E-state index contributed by atoms with van der Waals surface area (Å²) in [6, 6.07) is 17.7. The Morgan fingerprint density at radius 2 is 1.33 bits per heavy atom. The second-order valence-corrected chi connectivity index (χ2v) is 12.8. The number of hydrogen-bond acceptors (Lipinski definition) is 8. The quantitative estimate of drug-likeness (QED) is 0.171. The molecule has 0 atom stereocenters. The van der Waals surface area contributed by atoms with Gasteiger partial charge < -0.3 is 14.8 Å². The predicted molar refractivity (Wildman–Crippen MR) is 191 cm³/mol. The smallest absolute Gasteiger partial charge is 0.259 e. The van der Waals surface area contributed by atoms with Crippen molar-refractivity contribution in [3.8, 4) is 22.6 Å². The van der Waals surface area contributed by atoms with Gasteiger partial charge in [-0.2, -0.15) is 0 Å². The minimum absolute atomic E-state index is 0.301. The van der Waals surface area contributed by atoms with Crippen LogP contribution in [0.1, 0.15) is 38.4 Å². The third-order valence-corrected chi connectivity index (χ3v) is 9.54. The molecule has 3 heterocycles. The molecule has 0 unspecified atom stereocenters. The van der Waals surface area contributed by atoms with Gasteiger partial charge in [0.15, 0.2) is 0 Å². The van der Waals surface area contributed by atoms with E-state index in [-0.39, 0.29) is 5.91 Å². The van der Waals surface area contributed by atoms with Crippen molar-refractivity contribution in [2.45, 2.75) is 33.9 Å². The van der Waals surface area contributed by atoms with Crippen molar-refractivity contribution in [2.24, 2.45) is 0 Å². The number of nitrogens with one attached hydrogen (secondary N) is 1. The maximum absolute atomic E-state index is 13.7. The molecule has 248 valence electrons. The second-order valence-electron chi connectivity index (χ2n) is 12.1. The van der Waals surface area contributed by atoms with Crippen molar-refractivity contribution in [1.29, 1.82) is 0 Å². The first-order chi connectivity index (χ1) is 23.1. The van der Waals surface area contributed by atoms with Crippen LogP contribution in [0.15, 0.2) is 60.8 Å². The Labute approximate surface area is 290 Å². The lowest BCUT2D eigenvalue weighted by atomic mass is 9.99. The Hall–Kier alpha value is -4.28. The highest BCUT2D eigenvalue weighted by Crippen LogP contribution is 2.47. The molecular weight excluding hydrogens is 647 g/mol. The van der Waals surface area contributed by atoms with E-state index in [4.69, 9.17) is 42.6 Å². The van der Waals surface area contributed by atoms with Gasteiger partial charge in [-0.1, -0.05) is 65.2 Å². The van der Waals surface area contributed by atoms with Crippen molar-refractivity contribution in [2.75, 3.05) is 45.7 Å². The highest BCUT2D eigenvalue weighted by atomic mass is 35.5. The fourth-order valence-corrected chi connectivity index (χ4v) is 6.61. The van der Waals surface area contributed by atoms with Crippen LogP contribution in [0, 0.1) is 20.8 Å². The molecule has 1 aliphatic heterocycles. The van der Waals surface area contributed by atoms with Crippen LogP contribution in [0.3, 0.4) is 0 Å². The third-order valence-electron chi connectivity index (χ3n) is 8.79. The lowest BCUT2D eigenvalue weighted by Crippen LogP contribution is -2.45. The lowest BCUT2D eigenvalue weighted by Gasteiger charge is -2.34. The van der Waals surface area contributed by atoms with Gasteiger partial charge >= 0.3 is 0 Å². The molecule has 6 rings (SSSR count). The van der Waals surface area contributed by atoms with E-state index in [0.717, 1.165) is 44.8 Å². The zero-order valence-electron chi connectivity index (χ0n) is 27.7. The van der Waals surface area contributed by atoms with Crippen molar-refractivity contribution >= 4 is 46.0 Å². The molecule has 3 aromatic carbocycles. The number of aryl methyl sites for hydroxylation is 3. The number of piperazine rings is 1. The molecule has 1 N–H and O–H groups in total. The number of ether oxygens (including phenoxy) is 2. The predicted octanol–water partition coefficient (Wildman–Crippen LogP) is 7.51. The number of carbonyl (C=O) groups excluding carboxylic acids is 1. The molecule has 5 aromatic rings. The number of carbonyl (C=O) groups is 1. The molecule has 11 heteroatoms. The summed E-state index contributed by atoms with van der Waals surface area (Å²) in [6.45, 7) is 11.6. The third kappa shape index (κ3) is 7.10. The van der Waals surface area contributed by atoms with Crippen molar-refractivity contribution in [3.63, 3.8) is 0 Å². The van der Waals surface area contributed by atoms with Gasteiger partial charge in [0.05, 0.1) is 46.7 Å². The van der Waals surface area contributed by atoms with Crippen LogP contribution in [0.2, 0.25) is 10.0 Å². The topological polar surface area (TPSA) is 92.7 Å². The van der Waals surface area contributed by atoms with E-state index in [9.17, 15) is 4.79 Å². The molecule has 1 fully saturated rings. The summed E-state index contributed by atoms with van der Waals surface area (Å²) in [5.41, 5.74) is 7.47. The van der Waals surface area contributed by atoms with Gasteiger partial charge in [0.25, 0.3) is 5.91 Å². The number of rotatable bonds is 9. The van der Waals surface area contributed by atoms with Crippen molar-refractivity contribution in [3.05, 3.63) is 104 Å². The minimum Gasteiger partial charge on any atom is -0.495 e. The van der Waals surface area contributed by atoms with Crippen LogP contribution in [-0.2, 0) is 13.1 Å². The Morgan fingerprint density at radius 1 is 0.771 bits per heavy atom. The molecule has 1 aliphatic rings. The fraction of sp³-hybridized carbons (Fsp3) is 0.297. The number of nitrogens with zero attached hydrogens (tertiary/aromatic N) is 5. The highest BCUT2D eigenvalue weighted by Gasteiger charge is 2.24.